The van der Waals surface area contributed by atoms with Crippen LogP contribution in [0.4, 0.5) is 4.39 Å². The Morgan fingerprint density at radius 3 is 2.80 bits per heavy atom. The number of amides is 1. The van der Waals surface area contributed by atoms with Crippen molar-refractivity contribution in [3.05, 3.63) is 41.8 Å². The van der Waals surface area contributed by atoms with Crippen molar-refractivity contribution in [3.63, 3.8) is 0 Å². The SMILES string of the molecule is O=C(COc1ccc(F)cc1)N1CCCC[C@@H]1c1nc(C2CC2)no1. The van der Waals surface area contributed by atoms with Crippen LogP contribution in [-0.2, 0) is 4.79 Å². The zero-order chi connectivity index (χ0) is 17.2. The summed E-state index contributed by atoms with van der Waals surface area (Å²) in [6.45, 7) is 0.559. The Bertz CT molecular complexity index is 742. The van der Waals surface area contributed by atoms with Crippen LogP contribution < -0.4 is 4.74 Å². The van der Waals surface area contributed by atoms with E-state index < -0.39 is 0 Å². The van der Waals surface area contributed by atoms with Gasteiger partial charge >= 0.3 is 0 Å². The van der Waals surface area contributed by atoms with Crippen molar-refractivity contribution in [2.24, 2.45) is 0 Å². The van der Waals surface area contributed by atoms with E-state index in [1.54, 1.807) is 4.90 Å². The van der Waals surface area contributed by atoms with Gasteiger partial charge in [0.1, 0.15) is 17.6 Å². The fourth-order valence-electron chi connectivity index (χ4n) is 3.14. The van der Waals surface area contributed by atoms with Crippen LogP contribution in [0.25, 0.3) is 0 Å². The Labute approximate surface area is 145 Å². The molecule has 4 rings (SSSR count). The standard InChI is InChI=1S/C18H20FN3O3/c19-13-6-8-14(9-7-13)24-11-16(23)22-10-2-1-3-15(22)18-20-17(21-25-18)12-4-5-12/h6-9,12,15H,1-5,10-11H2/t15-/m1/s1. The number of rotatable bonds is 5. The molecule has 7 heteroatoms. The molecule has 0 N–H and O–H groups in total. The summed E-state index contributed by atoms with van der Waals surface area (Å²) in [6.07, 6.45) is 5.00. The second kappa shape index (κ2) is 6.82. The summed E-state index contributed by atoms with van der Waals surface area (Å²) in [5, 5.41) is 4.06. The Morgan fingerprint density at radius 2 is 2.04 bits per heavy atom. The van der Waals surface area contributed by atoms with E-state index in [9.17, 15) is 9.18 Å². The summed E-state index contributed by atoms with van der Waals surface area (Å²) >= 11 is 0. The smallest absolute Gasteiger partial charge is 0.261 e. The summed E-state index contributed by atoms with van der Waals surface area (Å²) in [4.78, 5) is 18.9. The molecule has 1 aliphatic carbocycles. The molecule has 2 aromatic rings. The van der Waals surface area contributed by atoms with Gasteiger partial charge in [-0.25, -0.2) is 4.39 Å². The molecule has 1 amide bonds. The summed E-state index contributed by atoms with van der Waals surface area (Å²) < 4.78 is 23.8. The van der Waals surface area contributed by atoms with Gasteiger partial charge < -0.3 is 14.2 Å². The van der Waals surface area contributed by atoms with E-state index in [0.717, 1.165) is 37.9 Å². The molecule has 1 aromatic carbocycles. The van der Waals surface area contributed by atoms with Gasteiger partial charge in [-0.05, 0) is 56.4 Å². The first-order valence-electron chi connectivity index (χ1n) is 8.72. The molecule has 1 aromatic heterocycles. The van der Waals surface area contributed by atoms with Crippen molar-refractivity contribution >= 4 is 5.91 Å². The minimum Gasteiger partial charge on any atom is -0.484 e. The molecule has 2 heterocycles. The van der Waals surface area contributed by atoms with Gasteiger partial charge in [-0.15, -0.1) is 0 Å². The quantitative estimate of drug-likeness (QED) is 0.832. The van der Waals surface area contributed by atoms with Crippen LogP contribution in [0.3, 0.4) is 0 Å². The number of hydrogen-bond acceptors (Lipinski definition) is 5. The maximum Gasteiger partial charge on any atom is 0.261 e. The molecule has 0 unspecified atom stereocenters. The zero-order valence-electron chi connectivity index (χ0n) is 13.9. The Hall–Kier alpha value is -2.44. The summed E-state index contributed by atoms with van der Waals surface area (Å²) in [5.74, 6) is 1.72. The molecule has 1 saturated carbocycles. The van der Waals surface area contributed by atoms with Crippen LogP contribution in [-0.4, -0.2) is 34.1 Å². The van der Waals surface area contributed by atoms with Crippen LogP contribution in [0.2, 0.25) is 0 Å². The van der Waals surface area contributed by atoms with Gasteiger partial charge in [-0.1, -0.05) is 5.16 Å². The third-order valence-corrected chi connectivity index (χ3v) is 4.68. The monoisotopic (exact) mass is 345 g/mol. The lowest BCUT2D eigenvalue weighted by atomic mass is 10.0. The lowest BCUT2D eigenvalue weighted by Crippen LogP contribution is -2.41. The predicted molar refractivity (Wildman–Crippen MR) is 86.5 cm³/mol. The molecule has 0 bridgehead atoms. The predicted octanol–water partition coefficient (Wildman–Crippen LogP) is 3.22. The highest BCUT2D eigenvalue weighted by Gasteiger charge is 2.35. The molecular formula is C18H20FN3O3. The molecule has 25 heavy (non-hydrogen) atoms. The first-order chi connectivity index (χ1) is 12.2. The van der Waals surface area contributed by atoms with E-state index in [4.69, 9.17) is 9.26 Å². The van der Waals surface area contributed by atoms with Gasteiger partial charge in [0.2, 0.25) is 5.89 Å². The number of aromatic nitrogens is 2. The highest BCUT2D eigenvalue weighted by Crippen LogP contribution is 2.39. The van der Waals surface area contributed by atoms with Crippen molar-refractivity contribution in [1.82, 2.24) is 15.0 Å². The number of carbonyl (C=O) groups is 1. The third-order valence-electron chi connectivity index (χ3n) is 4.68. The molecule has 0 radical (unpaired) electrons. The Balaban J connectivity index is 1.42. The maximum atomic E-state index is 12.9. The second-order valence-electron chi connectivity index (χ2n) is 6.61. The van der Waals surface area contributed by atoms with Crippen molar-refractivity contribution in [3.8, 4) is 5.75 Å². The number of benzene rings is 1. The number of hydrogen-bond donors (Lipinski definition) is 0. The number of nitrogens with zero attached hydrogens (tertiary/aromatic N) is 3. The topological polar surface area (TPSA) is 68.5 Å². The normalized spacial score (nSPS) is 20.5. The van der Waals surface area contributed by atoms with Crippen molar-refractivity contribution in [2.75, 3.05) is 13.2 Å². The van der Waals surface area contributed by atoms with E-state index in [1.807, 2.05) is 0 Å². The Kier molecular flexibility index (Phi) is 4.38. The number of halogens is 1. The van der Waals surface area contributed by atoms with Gasteiger partial charge in [0, 0.05) is 12.5 Å². The molecule has 2 fully saturated rings. The van der Waals surface area contributed by atoms with Gasteiger partial charge in [0.15, 0.2) is 12.4 Å². The zero-order valence-corrected chi connectivity index (χ0v) is 13.9. The molecule has 1 atom stereocenters. The highest BCUT2D eigenvalue weighted by molar-refractivity contribution is 5.78. The molecule has 1 saturated heterocycles. The van der Waals surface area contributed by atoms with Gasteiger partial charge in [-0.3, -0.25) is 4.79 Å². The minimum absolute atomic E-state index is 0.0915. The van der Waals surface area contributed by atoms with Crippen LogP contribution in [0, 0.1) is 5.82 Å². The molecule has 0 spiro atoms. The van der Waals surface area contributed by atoms with Crippen molar-refractivity contribution in [1.29, 1.82) is 0 Å². The molecule has 132 valence electrons. The van der Waals surface area contributed by atoms with Crippen LogP contribution >= 0.6 is 0 Å². The number of likely N-dealkylation sites (tertiary alicyclic amines) is 1. The minimum atomic E-state index is -0.336. The average molecular weight is 345 g/mol. The summed E-state index contributed by atoms with van der Waals surface area (Å²) in [5.41, 5.74) is 0. The van der Waals surface area contributed by atoms with Crippen molar-refractivity contribution in [2.45, 2.75) is 44.1 Å². The number of piperidine rings is 1. The summed E-state index contributed by atoms with van der Waals surface area (Å²) in [6, 6.07) is 5.45. The molecule has 2 aliphatic rings. The second-order valence-corrected chi connectivity index (χ2v) is 6.61. The third kappa shape index (κ3) is 3.65. The molecular weight excluding hydrogens is 325 g/mol. The fraction of sp³-hybridized carbons (Fsp3) is 0.500. The summed E-state index contributed by atoms with van der Waals surface area (Å²) in [7, 11) is 0. The van der Waals surface area contributed by atoms with Crippen molar-refractivity contribution < 1.29 is 18.4 Å². The van der Waals surface area contributed by atoms with E-state index in [2.05, 4.69) is 10.1 Å². The largest absolute Gasteiger partial charge is 0.484 e. The lowest BCUT2D eigenvalue weighted by Gasteiger charge is -2.33. The molecule has 1 aliphatic heterocycles. The highest BCUT2D eigenvalue weighted by atomic mass is 19.1. The van der Waals surface area contributed by atoms with E-state index in [-0.39, 0.29) is 24.4 Å². The lowest BCUT2D eigenvalue weighted by molar-refractivity contribution is -0.138. The van der Waals surface area contributed by atoms with Crippen LogP contribution in [0.15, 0.2) is 28.8 Å². The fourth-order valence-corrected chi connectivity index (χ4v) is 3.14. The average Bonchev–Trinajstić information content (AvgIpc) is 3.38. The van der Waals surface area contributed by atoms with Gasteiger partial charge in [-0.2, -0.15) is 4.98 Å². The number of ether oxygens (including phenoxy) is 1. The Morgan fingerprint density at radius 1 is 1.24 bits per heavy atom. The van der Waals surface area contributed by atoms with E-state index in [0.29, 0.717) is 24.1 Å². The first kappa shape index (κ1) is 16.1. The van der Waals surface area contributed by atoms with E-state index >= 15 is 0 Å². The van der Waals surface area contributed by atoms with Crippen LogP contribution in [0.1, 0.15) is 55.8 Å². The van der Waals surface area contributed by atoms with Crippen LogP contribution in [0.5, 0.6) is 5.75 Å². The first-order valence-corrected chi connectivity index (χ1v) is 8.72. The van der Waals surface area contributed by atoms with E-state index in [1.165, 1.54) is 24.3 Å². The number of carbonyl (C=O) groups excluding carboxylic acids is 1. The van der Waals surface area contributed by atoms with Gasteiger partial charge in [0.25, 0.3) is 5.91 Å². The van der Waals surface area contributed by atoms with Gasteiger partial charge in [0.05, 0.1) is 0 Å². The molecule has 6 nitrogen and oxygen atoms in total. The maximum absolute atomic E-state index is 12.9.